The van der Waals surface area contributed by atoms with Crippen molar-refractivity contribution in [2.45, 2.75) is 24.1 Å². The zero-order valence-corrected chi connectivity index (χ0v) is 12.4. The highest BCUT2D eigenvalue weighted by molar-refractivity contribution is 14.1. The molecule has 6 nitrogen and oxygen atoms in total. The molecule has 20 heavy (non-hydrogen) atoms. The molecule has 1 saturated heterocycles. The molecule has 1 aromatic heterocycles. The minimum absolute atomic E-state index is 0.337. The second-order valence-corrected chi connectivity index (χ2v) is 5.20. The molecule has 0 aromatic carbocycles. The molecule has 1 aliphatic heterocycles. The van der Waals surface area contributed by atoms with E-state index in [4.69, 9.17) is 4.74 Å². The third-order valence-corrected chi connectivity index (χ3v) is 3.93. The lowest BCUT2D eigenvalue weighted by Gasteiger charge is -2.25. The van der Waals surface area contributed by atoms with Crippen molar-refractivity contribution in [3.63, 3.8) is 0 Å². The highest BCUT2D eigenvalue weighted by Gasteiger charge is 2.56. The Bertz CT molecular complexity index is 666. The molecule has 4 atom stereocenters. The van der Waals surface area contributed by atoms with E-state index in [0.717, 1.165) is 22.9 Å². The molecule has 108 valence electrons. The molecule has 2 N–H and O–H groups in total. The van der Waals surface area contributed by atoms with Gasteiger partial charge >= 0.3 is 5.69 Å². The van der Waals surface area contributed by atoms with Crippen molar-refractivity contribution in [3.8, 4) is 0 Å². The minimum atomic E-state index is -2.35. The average Bonchev–Trinajstić information content (AvgIpc) is 2.63. The van der Waals surface area contributed by atoms with Crippen LogP contribution >= 0.6 is 22.6 Å². The Kier molecular flexibility index (Phi) is 4.28. The molecule has 8 heteroatoms. The Labute approximate surface area is 126 Å². The highest BCUT2D eigenvalue weighted by atomic mass is 127. The van der Waals surface area contributed by atoms with E-state index in [-0.39, 0.29) is 0 Å². The van der Waals surface area contributed by atoms with Crippen LogP contribution in [0.2, 0.25) is 0 Å². The summed E-state index contributed by atoms with van der Waals surface area (Å²) in [5, 5.41) is 10.0. The number of ether oxygens (including phenoxy) is 1. The van der Waals surface area contributed by atoms with Crippen molar-refractivity contribution >= 4 is 22.6 Å². The normalized spacial score (nSPS) is 32.9. The first kappa shape index (κ1) is 15.2. The number of aromatic amines is 1. The predicted molar refractivity (Wildman–Crippen MR) is 77.7 cm³/mol. The zero-order valence-electron chi connectivity index (χ0n) is 10.3. The fourth-order valence-electron chi connectivity index (χ4n) is 2.10. The van der Waals surface area contributed by atoms with Gasteiger partial charge in [-0.15, -0.1) is 5.73 Å². The van der Waals surface area contributed by atoms with Gasteiger partial charge < -0.3 is 9.84 Å². The van der Waals surface area contributed by atoms with Gasteiger partial charge in [-0.25, -0.2) is 9.18 Å². The molecular weight excluding hydrogens is 382 g/mol. The van der Waals surface area contributed by atoms with Crippen molar-refractivity contribution in [3.05, 3.63) is 51.5 Å². The van der Waals surface area contributed by atoms with Crippen molar-refractivity contribution in [1.29, 1.82) is 0 Å². The van der Waals surface area contributed by atoms with E-state index in [0.29, 0.717) is 4.43 Å². The summed E-state index contributed by atoms with van der Waals surface area (Å²) in [5.41, 5.74) is -1.49. The van der Waals surface area contributed by atoms with E-state index < -0.39 is 35.4 Å². The van der Waals surface area contributed by atoms with Gasteiger partial charge in [-0.1, -0.05) is 29.2 Å². The van der Waals surface area contributed by atoms with Crippen LogP contribution in [0.3, 0.4) is 0 Å². The predicted octanol–water partition coefficient (Wildman–Crippen LogP) is 0.279. The lowest BCUT2D eigenvalue weighted by Crippen LogP contribution is -2.44. The van der Waals surface area contributed by atoms with E-state index in [1.807, 2.05) is 27.6 Å². The van der Waals surface area contributed by atoms with Crippen LogP contribution in [0, 0.1) is 0 Å². The van der Waals surface area contributed by atoms with Crippen molar-refractivity contribution in [2.24, 2.45) is 0 Å². The SMILES string of the molecule is C=C=C[C@@]1(F)[C@H](O)C(CI)O[C@H]1n1ccc(=O)[nH]c1=O. The standard InChI is InChI=1S/C12H12FIN2O4/c1-2-4-12(13)9(18)7(6-14)20-10(12)16-5-3-8(17)15-11(16)19/h3-5,7,9-10,18H,1,6H2,(H,15,17,19)/t7?,9-,10-,12-/m1/s1. The van der Waals surface area contributed by atoms with Gasteiger partial charge in [0.15, 0.2) is 6.23 Å². The molecule has 1 aromatic rings. The lowest BCUT2D eigenvalue weighted by molar-refractivity contribution is -0.0338. The Balaban J connectivity index is 2.56. The second-order valence-electron chi connectivity index (χ2n) is 4.32. The summed E-state index contributed by atoms with van der Waals surface area (Å²) < 4.78 is 21.6. The van der Waals surface area contributed by atoms with Gasteiger partial charge in [0, 0.05) is 22.8 Å². The molecule has 2 rings (SSSR count). The van der Waals surface area contributed by atoms with Gasteiger partial charge in [-0.2, -0.15) is 0 Å². The van der Waals surface area contributed by atoms with Crippen LogP contribution in [0.5, 0.6) is 0 Å². The number of halogens is 2. The number of hydrogen-bond acceptors (Lipinski definition) is 4. The van der Waals surface area contributed by atoms with E-state index in [2.05, 4.69) is 12.3 Å². The number of rotatable bonds is 3. The summed E-state index contributed by atoms with van der Waals surface area (Å²) in [6.07, 6.45) is -1.58. The van der Waals surface area contributed by atoms with Crippen molar-refractivity contribution in [2.75, 3.05) is 4.43 Å². The second kappa shape index (κ2) is 5.65. The Morgan fingerprint density at radius 3 is 2.95 bits per heavy atom. The van der Waals surface area contributed by atoms with E-state index >= 15 is 0 Å². The number of aliphatic hydroxyl groups excluding tert-OH is 1. The number of hydrogen-bond donors (Lipinski definition) is 2. The van der Waals surface area contributed by atoms with Crippen LogP contribution in [0.25, 0.3) is 0 Å². The van der Waals surface area contributed by atoms with Crippen LogP contribution in [0.4, 0.5) is 4.39 Å². The third kappa shape index (κ3) is 2.39. The van der Waals surface area contributed by atoms with E-state index in [9.17, 15) is 19.1 Å². The molecule has 0 spiro atoms. The molecule has 0 saturated carbocycles. The molecule has 1 unspecified atom stereocenters. The molecule has 0 radical (unpaired) electrons. The van der Waals surface area contributed by atoms with Gasteiger partial charge in [-0.3, -0.25) is 14.3 Å². The van der Waals surface area contributed by atoms with Gasteiger partial charge in [-0.05, 0) is 0 Å². The van der Waals surface area contributed by atoms with Crippen LogP contribution in [0.1, 0.15) is 6.23 Å². The number of H-pyrrole nitrogens is 1. The maximum absolute atomic E-state index is 15.0. The van der Waals surface area contributed by atoms with Crippen molar-refractivity contribution < 1.29 is 14.2 Å². The monoisotopic (exact) mass is 394 g/mol. The fraction of sp³-hybridized carbons (Fsp3) is 0.417. The number of aromatic nitrogens is 2. The molecule has 1 fully saturated rings. The molecule has 1 aliphatic rings. The molecule has 0 amide bonds. The maximum atomic E-state index is 15.0. The first-order valence-corrected chi connectivity index (χ1v) is 7.23. The topological polar surface area (TPSA) is 84.3 Å². The van der Waals surface area contributed by atoms with Crippen LogP contribution in [-0.4, -0.2) is 37.0 Å². The quantitative estimate of drug-likeness (QED) is 0.438. The van der Waals surface area contributed by atoms with Gasteiger partial charge in [0.05, 0.1) is 6.10 Å². The van der Waals surface area contributed by atoms with Crippen LogP contribution in [-0.2, 0) is 4.74 Å². The summed E-state index contributed by atoms with van der Waals surface area (Å²) in [6, 6.07) is 1.08. The third-order valence-electron chi connectivity index (χ3n) is 3.07. The van der Waals surface area contributed by atoms with Gasteiger partial charge in [0.1, 0.15) is 6.10 Å². The maximum Gasteiger partial charge on any atom is 0.330 e. The smallest absolute Gasteiger partial charge is 0.330 e. The Morgan fingerprint density at radius 2 is 2.40 bits per heavy atom. The summed E-state index contributed by atoms with van der Waals surface area (Å²) >= 11 is 1.95. The van der Waals surface area contributed by atoms with Crippen LogP contribution < -0.4 is 11.2 Å². The first-order chi connectivity index (χ1) is 9.43. The molecular formula is C12H12FIN2O4. The summed E-state index contributed by atoms with van der Waals surface area (Å²) in [6.45, 7) is 3.29. The largest absolute Gasteiger partial charge is 0.386 e. The number of nitrogens with one attached hydrogen (secondary N) is 1. The zero-order chi connectivity index (χ0) is 14.9. The summed E-state index contributed by atoms with van der Waals surface area (Å²) in [5.74, 6) is 0. The lowest BCUT2D eigenvalue weighted by atomic mass is 9.96. The summed E-state index contributed by atoms with van der Waals surface area (Å²) in [4.78, 5) is 24.8. The first-order valence-electron chi connectivity index (χ1n) is 5.71. The van der Waals surface area contributed by atoms with Crippen LogP contribution in [0.15, 0.2) is 40.2 Å². The Morgan fingerprint density at radius 1 is 1.70 bits per heavy atom. The van der Waals surface area contributed by atoms with E-state index in [1.165, 1.54) is 0 Å². The minimum Gasteiger partial charge on any atom is -0.386 e. The van der Waals surface area contributed by atoms with Gasteiger partial charge in [0.2, 0.25) is 5.67 Å². The number of alkyl halides is 2. The molecule has 0 aliphatic carbocycles. The molecule has 0 bridgehead atoms. The summed E-state index contributed by atoms with van der Waals surface area (Å²) in [7, 11) is 0. The van der Waals surface area contributed by atoms with E-state index in [1.54, 1.807) is 0 Å². The average molecular weight is 394 g/mol. The molecule has 2 heterocycles. The highest BCUT2D eigenvalue weighted by Crippen LogP contribution is 2.42. The Hall–Kier alpha value is -1.22. The fourth-order valence-corrected chi connectivity index (χ4v) is 2.79. The van der Waals surface area contributed by atoms with Crippen molar-refractivity contribution in [1.82, 2.24) is 9.55 Å². The number of nitrogens with zero attached hydrogens (tertiary/aromatic N) is 1. The number of aliphatic hydroxyl groups is 1. The van der Waals surface area contributed by atoms with Gasteiger partial charge in [0.25, 0.3) is 5.56 Å².